The van der Waals surface area contributed by atoms with Gasteiger partial charge in [0.05, 0.1) is 0 Å². The normalized spacial score (nSPS) is 25.8. The van der Waals surface area contributed by atoms with Gasteiger partial charge in [-0.3, -0.25) is 4.90 Å². The van der Waals surface area contributed by atoms with E-state index in [2.05, 4.69) is 35.1 Å². The van der Waals surface area contributed by atoms with Gasteiger partial charge >= 0.3 is 0 Å². The lowest BCUT2D eigenvalue weighted by Crippen LogP contribution is -2.37. The summed E-state index contributed by atoms with van der Waals surface area (Å²) in [5, 5.41) is 3.05. The Bertz CT molecular complexity index is 347. The van der Waals surface area contributed by atoms with Crippen LogP contribution in [0.2, 0.25) is 0 Å². The van der Waals surface area contributed by atoms with Gasteiger partial charge in [0.15, 0.2) is 0 Å². The molecular formula is C14H23N3. The van der Waals surface area contributed by atoms with Gasteiger partial charge in [-0.2, -0.15) is 0 Å². The number of nitrogens with zero attached hydrogens (tertiary/aromatic N) is 2. The van der Waals surface area contributed by atoms with Crippen LogP contribution in [-0.2, 0) is 6.54 Å². The molecule has 1 N–H and O–H groups in total. The molecule has 2 rings (SSSR count). The maximum absolute atomic E-state index is 4.36. The molecule has 0 radical (unpaired) electrons. The number of hydrogen-bond acceptors (Lipinski definition) is 3. The molecule has 0 aliphatic carbocycles. The second-order valence-electron chi connectivity index (χ2n) is 5.28. The van der Waals surface area contributed by atoms with Gasteiger partial charge in [-0.25, -0.2) is 4.98 Å². The molecule has 94 valence electrons. The van der Waals surface area contributed by atoms with Crippen molar-refractivity contribution in [1.29, 1.82) is 0 Å². The molecule has 3 heteroatoms. The van der Waals surface area contributed by atoms with E-state index >= 15 is 0 Å². The highest BCUT2D eigenvalue weighted by atomic mass is 15.1. The second-order valence-corrected chi connectivity index (χ2v) is 5.28. The van der Waals surface area contributed by atoms with Crippen LogP contribution in [-0.4, -0.2) is 30.0 Å². The van der Waals surface area contributed by atoms with Gasteiger partial charge < -0.3 is 5.32 Å². The van der Waals surface area contributed by atoms with Crippen molar-refractivity contribution in [1.82, 2.24) is 9.88 Å². The van der Waals surface area contributed by atoms with Crippen LogP contribution in [0.15, 0.2) is 18.3 Å². The Hall–Kier alpha value is -1.09. The molecule has 17 heavy (non-hydrogen) atoms. The quantitative estimate of drug-likeness (QED) is 0.870. The summed E-state index contributed by atoms with van der Waals surface area (Å²) in [6.07, 6.45) is 3.30. The van der Waals surface area contributed by atoms with Crippen molar-refractivity contribution in [2.75, 3.05) is 25.5 Å². The van der Waals surface area contributed by atoms with Gasteiger partial charge in [0.1, 0.15) is 5.82 Å². The summed E-state index contributed by atoms with van der Waals surface area (Å²) in [5.41, 5.74) is 1.31. The van der Waals surface area contributed by atoms with Gasteiger partial charge in [0.2, 0.25) is 0 Å². The highest BCUT2D eigenvalue weighted by Gasteiger charge is 2.22. The van der Waals surface area contributed by atoms with Crippen LogP contribution in [0.1, 0.15) is 25.8 Å². The van der Waals surface area contributed by atoms with Crippen molar-refractivity contribution >= 4 is 5.82 Å². The van der Waals surface area contributed by atoms with E-state index in [1.807, 2.05) is 19.3 Å². The fraction of sp³-hybridized carbons (Fsp3) is 0.643. The Balaban J connectivity index is 1.92. The van der Waals surface area contributed by atoms with Crippen molar-refractivity contribution in [2.24, 2.45) is 11.8 Å². The highest BCUT2D eigenvalue weighted by Crippen LogP contribution is 2.23. The maximum atomic E-state index is 4.36. The Kier molecular flexibility index (Phi) is 4.00. The molecule has 0 spiro atoms. The summed E-state index contributed by atoms with van der Waals surface area (Å²) in [4.78, 5) is 6.90. The first-order valence-electron chi connectivity index (χ1n) is 6.54. The van der Waals surface area contributed by atoms with Crippen LogP contribution in [0.4, 0.5) is 5.82 Å². The van der Waals surface area contributed by atoms with Crippen molar-refractivity contribution < 1.29 is 0 Å². The molecule has 1 fully saturated rings. The van der Waals surface area contributed by atoms with Gasteiger partial charge in [-0.15, -0.1) is 0 Å². The maximum Gasteiger partial charge on any atom is 0.125 e. The zero-order valence-electron chi connectivity index (χ0n) is 11.1. The number of hydrogen-bond donors (Lipinski definition) is 1. The largest absolute Gasteiger partial charge is 0.373 e. The summed E-state index contributed by atoms with van der Waals surface area (Å²) in [6, 6.07) is 4.22. The van der Waals surface area contributed by atoms with Crippen LogP contribution >= 0.6 is 0 Å². The summed E-state index contributed by atoms with van der Waals surface area (Å²) in [7, 11) is 1.90. The van der Waals surface area contributed by atoms with E-state index in [1.54, 1.807) is 0 Å². The Morgan fingerprint density at radius 2 is 2.18 bits per heavy atom. The molecule has 1 aromatic rings. The molecule has 1 saturated heterocycles. The van der Waals surface area contributed by atoms with Crippen molar-refractivity contribution in [3.8, 4) is 0 Å². The molecule has 1 aliphatic heterocycles. The average Bonchev–Trinajstić information content (AvgIpc) is 2.35. The second kappa shape index (κ2) is 5.50. The van der Waals surface area contributed by atoms with E-state index in [4.69, 9.17) is 0 Å². The molecule has 0 saturated carbocycles. The van der Waals surface area contributed by atoms with Gasteiger partial charge in [-0.05, 0) is 36.4 Å². The summed E-state index contributed by atoms with van der Waals surface area (Å²) in [5.74, 6) is 2.62. The molecule has 0 bridgehead atoms. The van der Waals surface area contributed by atoms with E-state index in [1.165, 1.54) is 25.1 Å². The number of anilines is 1. The van der Waals surface area contributed by atoms with Crippen molar-refractivity contribution in [3.05, 3.63) is 23.9 Å². The van der Waals surface area contributed by atoms with Gasteiger partial charge in [-0.1, -0.05) is 19.9 Å². The fourth-order valence-electron chi connectivity index (χ4n) is 2.42. The predicted molar refractivity (Wildman–Crippen MR) is 72.0 cm³/mol. The Morgan fingerprint density at radius 1 is 1.35 bits per heavy atom. The monoisotopic (exact) mass is 233 g/mol. The first kappa shape index (κ1) is 12.4. The minimum Gasteiger partial charge on any atom is -0.373 e. The van der Waals surface area contributed by atoms with E-state index in [9.17, 15) is 0 Å². The number of piperidine rings is 1. The lowest BCUT2D eigenvalue weighted by atomic mass is 9.88. The average molecular weight is 233 g/mol. The van der Waals surface area contributed by atoms with E-state index in [0.717, 1.165) is 24.2 Å². The lowest BCUT2D eigenvalue weighted by molar-refractivity contribution is 0.132. The number of rotatable bonds is 3. The number of likely N-dealkylation sites (tertiary alicyclic amines) is 1. The first-order chi connectivity index (χ1) is 8.19. The van der Waals surface area contributed by atoms with Crippen LogP contribution in [0, 0.1) is 11.8 Å². The van der Waals surface area contributed by atoms with Crippen LogP contribution in [0.25, 0.3) is 0 Å². The topological polar surface area (TPSA) is 28.2 Å². The van der Waals surface area contributed by atoms with Crippen molar-refractivity contribution in [3.63, 3.8) is 0 Å². The third kappa shape index (κ3) is 3.19. The van der Waals surface area contributed by atoms with Gasteiger partial charge in [0.25, 0.3) is 0 Å². The van der Waals surface area contributed by atoms with Crippen molar-refractivity contribution in [2.45, 2.75) is 26.8 Å². The molecule has 2 atom stereocenters. The lowest BCUT2D eigenvalue weighted by Gasteiger charge is -2.35. The molecular weight excluding hydrogens is 210 g/mol. The first-order valence-corrected chi connectivity index (χ1v) is 6.54. The van der Waals surface area contributed by atoms with Gasteiger partial charge in [0, 0.05) is 26.3 Å². The third-order valence-corrected chi connectivity index (χ3v) is 3.91. The fourth-order valence-corrected chi connectivity index (χ4v) is 2.42. The summed E-state index contributed by atoms with van der Waals surface area (Å²) < 4.78 is 0. The number of aromatic nitrogens is 1. The molecule has 2 heterocycles. The van der Waals surface area contributed by atoms with E-state index < -0.39 is 0 Å². The minimum absolute atomic E-state index is 0.813. The minimum atomic E-state index is 0.813. The number of pyridine rings is 1. The molecule has 0 amide bonds. The summed E-state index contributed by atoms with van der Waals surface area (Å²) >= 11 is 0. The predicted octanol–water partition coefficient (Wildman–Crippen LogP) is 2.60. The summed E-state index contributed by atoms with van der Waals surface area (Å²) in [6.45, 7) is 8.20. The SMILES string of the molecule is CNc1ccc(CN2CCC(C)C(C)C2)cn1. The zero-order valence-corrected chi connectivity index (χ0v) is 11.1. The third-order valence-electron chi connectivity index (χ3n) is 3.91. The van der Waals surface area contributed by atoms with Crippen LogP contribution in [0.5, 0.6) is 0 Å². The molecule has 0 aromatic carbocycles. The van der Waals surface area contributed by atoms with E-state index in [0.29, 0.717) is 0 Å². The molecule has 1 aromatic heterocycles. The van der Waals surface area contributed by atoms with Crippen LogP contribution in [0.3, 0.4) is 0 Å². The smallest absolute Gasteiger partial charge is 0.125 e. The molecule has 2 unspecified atom stereocenters. The molecule has 1 aliphatic rings. The highest BCUT2D eigenvalue weighted by molar-refractivity contribution is 5.34. The molecule has 3 nitrogen and oxygen atoms in total. The Morgan fingerprint density at radius 3 is 2.76 bits per heavy atom. The number of nitrogens with one attached hydrogen (secondary N) is 1. The van der Waals surface area contributed by atoms with E-state index in [-0.39, 0.29) is 0 Å². The standard InChI is InChI=1S/C14H23N3/c1-11-6-7-17(9-12(11)2)10-13-4-5-14(15-3)16-8-13/h4-5,8,11-12H,6-7,9-10H2,1-3H3,(H,15,16). The van der Waals surface area contributed by atoms with Crippen LogP contribution < -0.4 is 5.32 Å². The zero-order chi connectivity index (χ0) is 12.3. The Labute approximate surface area is 104 Å².